The molecule has 2 fully saturated rings. The van der Waals surface area contributed by atoms with Gasteiger partial charge in [0.1, 0.15) is 11.6 Å². The van der Waals surface area contributed by atoms with Crippen LogP contribution in [0.4, 0.5) is 4.39 Å². The zero-order valence-corrected chi connectivity index (χ0v) is 21.3. The number of nitrogens with zero attached hydrogens (tertiary/aromatic N) is 1. The van der Waals surface area contributed by atoms with Gasteiger partial charge in [-0.1, -0.05) is 31.2 Å². The lowest BCUT2D eigenvalue weighted by molar-refractivity contribution is -0.196. The maximum Gasteiger partial charge on any atom is 0.235 e. The van der Waals surface area contributed by atoms with Crippen LogP contribution in [0.3, 0.4) is 0 Å². The summed E-state index contributed by atoms with van der Waals surface area (Å²) < 4.78 is 13.5. The first kappa shape index (κ1) is 26.8. The summed E-state index contributed by atoms with van der Waals surface area (Å²) in [4.78, 5) is 67.8. The molecule has 5 N–H and O–H groups in total. The fourth-order valence-corrected chi connectivity index (χ4v) is 6.85. The number of hydrogen-bond acceptors (Lipinski definition) is 9. The van der Waals surface area contributed by atoms with Crippen LogP contribution in [0.2, 0.25) is 0 Å². The Bertz CT molecular complexity index is 1450. The Kier molecular flexibility index (Phi) is 6.09. The van der Waals surface area contributed by atoms with Crippen LogP contribution in [0.25, 0.3) is 11.1 Å². The molecule has 2 aromatic rings. The molecule has 0 spiro atoms. The lowest BCUT2D eigenvalue weighted by Gasteiger charge is -2.56. The van der Waals surface area contributed by atoms with Crippen LogP contribution in [-0.4, -0.2) is 81.1 Å². The number of Topliss-reactive ketones (excluding diaryl/α,β-unsaturated/α-hetero) is 4. The number of aliphatic hydroxyl groups excluding tert-OH is 1. The monoisotopic (exact) mass is 538 g/mol. The Labute approximate surface area is 222 Å². The Morgan fingerprint density at radius 3 is 2.21 bits per heavy atom. The highest BCUT2D eigenvalue weighted by atomic mass is 19.1. The van der Waals surface area contributed by atoms with E-state index in [9.17, 15) is 43.7 Å². The van der Waals surface area contributed by atoms with Gasteiger partial charge in [-0.15, -0.1) is 0 Å². The number of phenols is 1. The van der Waals surface area contributed by atoms with E-state index in [1.165, 1.54) is 49.3 Å². The van der Waals surface area contributed by atoms with Gasteiger partial charge in [0.05, 0.1) is 29.5 Å². The Balaban J connectivity index is 1.69. The number of carbonyl (C=O) groups is 5. The molecule has 2 aromatic carbocycles. The lowest BCUT2D eigenvalue weighted by Crippen LogP contribution is -2.77. The van der Waals surface area contributed by atoms with Crippen molar-refractivity contribution in [2.24, 2.45) is 29.4 Å². The topological polar surface area (TPSA) is 175 Å². The molecule has 0 radical (unpaired) electrons. The maximum atomic E-state index is 14.0. The van der Waals surface area contributed by atoms with Gasteiger partial charge in [-0.05, 0) is 43.3 Å². The molecule has 0 aromatic heterocycles. The molecule has 39 heavy (non-hydrogen) atoms. The van der Waals surface area contributed by atoms with E-state index in [2.05, 4.69) is 0 Å². The van der Waals surface area contributed by atoms with Crippen LogP contribution in [0.15, 0.2) is 36.4 Å². The first-order valence-corrected chi connectivity index (χ1v) is 12.4. The molecule has 0 aliphatic heterocycles. The molecular weight excluding hydrogens is 511 g/mol. The minimum Gasteiger partial charge on any atom is -0.507 e. The molecule has 5 rings (SSSR count). The number of hydrogen-bond donors (Lipinski definition) is 4. The van der Waals surface area contributed by atoms with E-state index in [4.69, 9.17) is 5.73 Å². The second-order valence-corrected chi connectivity index (χ2v) is 10.8. The van der Waals surface area contributed by atoms with E-state index in [-0.39, 0.29) is 11.1 Å². The Morgan fingerprint density at radius 2 is 1.64 bits per heavy atom. The molecule has 11 heteroatoms. The third kappa shape index (κ3) is 3.46. The number of rotatable bonds is 3. The molecule has 1 amide bonds. The Morgan fingerprint density at radius 1 is 1.03 bits per heavy atom. The maximum absolute atomic E-state index is 14.0. The molecule has 3 aliphatic rings. The minimum absolute atomic E-state index is 0.189. The number of nitrogens with two attached hydrogens (primary N) is 1. The molecule has 2 unspecified atom stereocenters. The summed E-state index contributed by atoms with van der Waals surface area (Å²) >= 11 is 0. The van der Waals surface area contributed by atoms with E-state index in [0.29, 0.717) is 11.1 Å². The first-order chi connectivity index (χ1) is 18.2. The average molecular weight is 539 g/mol. The third-order valence-corrected chi connectivity index (χ3v) is 8.64. The SMILES string of the molecule is C[C@@H]1c2ccc(-c3ccc(F)cc3)c(O)c2C(=O)C2C(=O)[C@@]3(O)C(=O)C(C(N)=O)C(=O)[C@H](N(C)C)[C@H]3[C@H](O)[C@H]21. The molecule has 204 valence electrons. The molecule has 3 aliphatic carbocycles. The average Bonchev–Trinajstić information content (AvgIpc) is 2.86. The number of primary amides is 1. The van der Waals surface area contributed by atoms with Crippen molar-refractivity contribution in [3.8, 4) is 16.9 Å². The summed E-state index contributed by atoms with van der Waals surface area (Å²) in [6.45, 7) is 1.63. The lowest BCUT2D eigenvalue weighted by atomic mass is 9.49. The van der Waals surface area contributed by atoms with E-state index in [0.717, 1.165) is 0 Å². The zero-order valence-electron chi connectivity index (χ0n) is 21.3. The van der Waals surface area contributed by atoms with Crippen LogP contribution in [0, 0.1) is 29.5 Å². The first-order valence-electron chi connectivity index (χ1n) is 12.4. The third-order valence-electron chi connectivity index (χ3n) is 8.64. The number of phenolic OH excluding ortho intramolecular Hbond substituents is 1. The van der Waals surface area contributed by atoms with Gasteiger partial charge < -0.3 is 21.1 Å². The number of fused-ring (bicyclic) bond motifs is 3. The molecule has 10 nitrogen and oxygen atoms in total. The number of benzene rings is 2. The highest BCUT2D eigenvalue weighted by Crippen LogP contribution is 2.55. The predicted molar refractivity (Wildman–Crippen MR) is 133 cm³/mol. The van der Waals surface area contributed by atoms with Crippen molar-refractivity contribution in [3.63, 3.8) is 0 Å². The molecule has 0 heterocycles. The number of carbonyl (C=O) groups excluding carboxylic acids is 5. The van der Waals surface area contributed by atoms with Crippen LogP contribution < -0.4 is 5.73 Å². The quantitative estimate of drug-likeness (QED) is 0.398. The highest BCUT2D eigenvalue weighted by Gasteiger charge is 2.72. The molecule has 0 bridgehead atoms. The van der Waals surface area contributed by atoms with Crippen LogP contribution in [0.1, 0.15) is 28.8 Å². The molecule has 8 atom stereocenters. The second-order valence-electron chi connectivity index (χ2n) is 10.8. The van der Waals surface area contributed by atoms with Crippen LogP contribution in [0.5, 0.6) is 5.75 Å². The summed E-state index contributed by atoms with van der Waals surface area (Å²) in [5, 5.41) is 34.4. The number of aromatic hydroxyl groups is 1. The van der Waals surface area contributed by atoms with Gasteiger partial charge in [0.15, 0.2) is 34.7 Å². The largest absolute Gasteiger partial charge is 0.507 e. The summed E-state index contributed by atoms with van der Waals surface area (Å²) in [6, 6.07) is 6.84. The van der Waals surface area contributed by atoms with Gasteiger partial charge in [-0.2, -0.15) is 0 Å². The van der Waals surface area contributed by atoms with Crippen molar-refractivity contribution in [1.82, 2.24) is 4.90 Å². The summed E-state index contributed by atoms with van der Waals surface area (Å²) in [7, 11) is 2.86. The van der Waals surface area contributed by atoms with E-state index in [1.54, 1.807) is 13.0 Å². The molecule has 0 saturated heterocycles. The van der Waals surface area contributed by atoms with E-state index < -0.39 is 87.9 Å². The molecule has 2 saturated carbocycles. The van der Waals surface area contributed by atoms with E-state index >= 15 is 0 Å². The van der Waals surface area contributed by atoms with Gasteiger partial charge in [-0.3, -0.25) is 28.9 Å². The highest BCUT2D eigenvalue weighted by molar-refractivity contribution is 6.32. The predicted octanol–water partition coefficient (Wildman–Crippen LogP) is 0.205. The number of amides is 1. The Hall–Kier alpha value is -3.80. The fourth-order valence-electron chi connectivity index (χ4n) is 6.85. The van der Waals surface area contributed by atoms with Crippen molar-refractivity contribution in [3.05, 3.63) is 53.3 Å². The summed E-state index contributed by atoms with van der Waals surface area (Å²) in [6.07, 6.45) is -1.70. The van der Waals surface area contributed by atoms with Crippen molar-refractivity contribution in [2.75, 3.05) is 14.1 Å². The van der Waals surface area contributed by atoms with Gasteiger partial charge in [-0.25, -0.2) is 4.39 Å². The smallest absolute Gasteiger partial charge is 0.235 e. The summed E-state index contributed by atoms with van der Waals surface area (Å²) in [5.74, 6) is -14.4. The number of ketones is 4. The number of likely N-dealkylation sites (N-methyl/N-ethyl adjacent to an activating group) is 1. The van der Waals surface area contributed by atoms with Gasteiger partial charge >= 0.3 is 0 Å². The van der Waals surface area contributed by atoms with Crippen LogP contribution >= 0.6 is 0 Å². The summed E-state index contributed by atoms with van der Waals surface area (Å²) in [5.41, 5.74) is 2.94. The number of aliphatic hydroxyl groups is 2. The van der Waals surface area contributed by atoms with Gasteiger partial charge in [0.2, 0.25) is 5.91 Å². The van der Waals surface area contributed by atoms with Crippen molar-refractivity contribution < 1.29 is 43.7 Å². The second kappa shape index (κ2) is 8.87. The zero-order chi connectivity index (χ0) is 28.7. The van der Waals surface area contributed by atoms with Gasteiger partial charge in [0, 0.05) is 11.5 Å². The standard InChI is InChI=1S/C28H27FN2O8/c1-10-13-8-9-14(11-4-6-12(29)7-5-11)21(32)16(13)22(33)17-15(10)23(34)19-20(31(2)3)24(35)18(27(30)38)26(37)28(19,39)25(17)36/h4-10,15,17-20,23,32,34,39H,1-3H3,(H2,30,38)/t10-,15+,17?,18?,19+,20-,23-,28-/m1/s1. The van der Waals surface area contributed by atoms with Gasteiger partial charge in [0.25, 0.3) is 0 Å². The van der Waals surface area contributed by atoms with Crippen molar-refractivity contribution in [2.45, 2.75) is 30.6 Å². The molecular formula is C28H27FN2O8. The fraction of sp³-hybridized carbons (Fsp3) is 0.393. The van der Waals surface area contributed by atoms with E-state index in [1.807, 2.05) is 0 Å². The number of halogens is 1. The van der Waals surface area contributed by atoms with Crippen molar-refractivity contribution in [1.29, 1.82) is 0 Å². The van der Waals surface area contributed by atoms with Crippen LogP contribution in [-0.2, 0) is 19.2 Å². The minimum atomic E-state index is -3.06. The van der Waals surface area contributed by atoms with Crippen molar-refractivity contribution >= 4 is 29.0 Å². The normalized spacial score (nSPS) is 34.0.